The Bertz CT molecular complexity index is 603. The topological polar surface area (TPSA) is 12.0 Å². The number of hydrogen-bond donors (Lipinski definition) is 1. The number of allylic oxidation sites excluding steroid dienone is 2. The zero-order valence-corrected chi connectivity index (χ0v) is 11.8. The molecule has 100 valence electrons. The zero-order valence-electron chi connectivity index (χ0n) is 11.8. The standard InChI is InChI=1S/C19H19N/c1-3-14-20-16(2)19(18-12-8-5-9-13-18)15-17-10-6-4-7-11-17/h1,4-13,20H,14-15H2,2H3/b19-16-. The molecule has 20 heavy (non-hydrogen) atoms. The van der Waals surface area contributed by atoms with E-state index in [2.05, 4.69) is 66.7 Å². The van der Waals surface area contributed by atoms with Crippen LogP contribution in [0.4, 0.5) is 0 Å². The van der Waals surface area contributed by atoms with E-state index in [4.69, 9.17) is 6.42 Å². The lowest BCUT2D eigenvalue weighted by molar-refractivity contribution is 0.916. The smallest absolute Gasteiger partial charge is 0.0760 e. The Morgan fingerprint density at radius 3 is 2.20 bits per heavy atom. The van der Waals surface area contributed by atoms with Crippen molar-refractivity contribution in [1.29, 1.82) is 0 Å². The monoisotopic (exact) mass is 261 g/mol. The lowest BCUT2D eigenvalue weighted by Crippen LogP contribution is -2.13. The highest BCUT2D eigenvalue weighted by atomic mass is 14.9. The fraction of sp³-hybridized carbons (Fsp3) is 0.158. The van der Waals surface area contributed by atoms with Crippen molar-refractivity contribution in [3.05, 3.63) is 77.5 Å². The van der Waals surface area contributed by atoms with E-state index < -0.39 is 0 Å². The fourth-order valence-electron chi connectivity index (χ4n) is 2.18. The molecule has 0 spiro atoms. The summed E-state index contributed by atoms with van der Waals surface area (Å²) in [5.41, 5.74) is 4.96. The Hall–Kier alpha value is -2.46. The molecule has 2 aromatic carbocycles. The summed E-state index contributed by atoms with van der Waals surface area (Å²) in [5, 5.41) is 3.29. The summed E-state index contributed by atoms with van der Waals surface area (Å²) in [6, 6.07) is 20.9. The first-order chi connectivity index (χ1) is 9.81. The van der Waals surface area contributed by atoms with E-state index in [1.807, 2.05) is 12.1 Å². The van der Waals surface area contributed by atoms with Gasteiger partial charge in [-0.1, -0.05) is 66.6 Å². The van der Waals surface area contributed by atoms with Gasteiger partial charge < -0.3 is 5.32 Å². The third kappa shape index (κ3) is 3.76. The first kappa shape index (κ1) is 14.0. The van der Waals surface area contributed by atoms with Gasteiger partial charge in [0, 0.05) is 5.70 Å². The second-order valence-electron chi connectivity index (χ2n) is 4.69. The summed E-state index contributed by atoms with van der Waals surface area (Å²) in [6.07, 6.45) is 6.23. The van der Waals surface area contributed by atoms with E-state index >= 15 is 0 Å². The molecule has 0 amide bonds. The minimum atomic E-state index is 0.553. The zero-order chi connectivity index (χ0) is 14.2. The van der Waals surface area contributed by atoms with Gasteiger partial charge in [0.2, 0.25) is 0 Å². The highest BCUT2D eigenvalue weighted by Crippen LogP contribution is 2.22. The van der Waals surface area contributed by atoms with Crippen molar-refractivity contribution in [2.75, 3.05) is 6.54 Å². The molecule has 0 heterocycles. The Morgan fingerprint density at radius 1 is 1.00 bits per heavy atom. The summed E-state index contributed by atoms with van der Waals surface area (Å²) < 4.78 is 0. The van der Waals surface area contributed by atoms with Crippen LogP contribution in [0.25, 0.3) is 5.57 Å². The van der Waals surface area contributed by atoms with Crippen LogP contribution in [-0.2, 0) is 6.42 Å². The fourth-order valence-corrected chi connectivity index (χ4v) is 2.18. The van der Waals surface area contributed by atoms with Gasteiger partial charge in [-0.05, 0) is 30.0 Å². The van der Waals surface area contributed by atoms with Crippen LogP contribution in [-0.4, -0.2) is 6.54 Å². The average Bonchev–Trinajstić information content (AvgIpc) is 2.52. The minimum Gasteiger partial charge on any atom is -0.377 e. The number of rotatable bonds is 5. The van der Waals surface area contributed by atoms with Crippen LogP contribution >= 0.6 is 0 Å². The third-order valence-electron chi connectivity index (χ3n) is 3.25. The van der Waals surface area contributed by atoms with E-state index in [0.29, 0.717) is 6.54 Å². The maximum atomic E-state index is 5.33. The van der Waals surface area contributed by atoms with E-state index in [0.717, 1.165) is 12.1 Å². The SMILES string of the molecule is C#CCN/C(C)=C(/Cc1ccccc1)c1ccccc1. The van der Waals surface area contributed by atoms with E-state index in [-0.39, 0.29) is 0 Å². The molecule has 0 aromatic heterocycles. The number of nitrogens with one attached hydrogen (secondary N) is 1. The molecule has 0 saturated heterocycles. The maximum Gasteiger partial charge on any atom is 0.0760 e. The van der Waals surface area contributed by atoms with Crippen LogP contribution in [0.2, 0.25) is 0 Å². The van der Waals surface area contributed by atoms with Crippen LogP contribution in [0, 0.1) is 12.3 Å². The third-order valence-corrected chi connectivity index (χ3v) is 3.25. The van der Waals surface area contributed by atoms with E-state index in [9.17, 15) is 0 Å². The van der Waals surface area contributed by atoms with Gasteiger partial charge in [0.15, 0.2) is 0 Å². The molecule has 2 rings (SSSR count). The van der Waals surface area contributed by atoms with Gasteiger partial charge in [0.1, 0.15) is 0 Å². The molecule has 0 saturated carbocycles. The molecular formula is C19H19N. The summed E-state index contributed by atoms with van der Waals surface area (Å²) in [7, 11) is 0. The summed E-state index contributed by atoms with van der Waals surface area (Å²) in [5.74, 6) is 2.62. The number of terminal acetylenes is 1. The molecule has 0 unspecified atom stereocenters. The van der Waals surface area contributed by atoms with Crippen molar-refractivity contribution in [3.63, 3.8) is 0 Å². The van der Waals surface area contributed by atoms with Gasteiger partial charge in [-0.2, -0.15) is 0 Å². The molecule has 0 aliphatic carbocycles. The van der Waals surface area contributed by atoms with Crippen LogP contribution in [0.5, 0.6) is 0 Å². The van der Waals surface area contributed by atoms with Crippen molar-refractivity contribution in [2.45, 2.75) is 13.3 Å². The molecular weight excluding hydrogens is 242 g/mol. The summed E-state index contributed by atoms with van der Waals surface area (Å²) >= 11 is 0. The second kappa shape index (κ2) is 7.21. The first-order valence-corrected chi connectivity index (χ1v) is 6.77. The predicted octanol–water partition coefficient (Wildman–Crippen LogP) is 3.88. The normalized spacial score (nSPS) is 11.4. The van der Waals surface area contributed by atoms with E-state index in [1.54, 1.807) is 0 Å². The highest BCUT2D eigenvalue weighted by molar-refractivity contribution is 5.70. The Morgan fingerprint density at radius 2 is 1.60 bits per heavy atom. The minimum absolute atomic E-state index is 0.553. The first-order valence-electron chi connectivity index (χ1n) is 6.77. The second-order valence-corrected chi connectivity index (χ2v) is 4.69. The molecule has 1 nitrogen and oxygen atoms in total. The van der Waals surface area contributed by atoms with Crippen LogP contribution in [0.3, 0.4) is 0 Å². The summed E-state index contributed by atoms with van der Waals surface area (Å²) in [4.78, 5) is 0. The van der Waals surface area contributed by atoms with Crippen LogP contribution < -0.4 is 5.32 Å². The Kier molecular flexibility index (Phi) is 5.03. The molecule has 1 heteroatoms. The molecule has 2 aromatic rings. The van der Waals surface area contributed by atoms with Crippen molar-refractivity contribution in [1.82, 2.24) is 5.32 Å². The Labute approximate surface area is 121 Å². The predicted molar refractivity (Wildman–Crippen MR) is 86.0 cm³/mol. The molecule has 0 radical (unpaired) electrons. The van der Waals surface area contributed by atoms with Gasteiger partial charge in [0.25, 0.3) is 0 Å². The average molecular weight is 261 g/mol. The summed E-state index contributed by atoms with van der Waals surface area (Å²) in [6.45, 7) is 2.64. The van der Waals surface area contributed by atoms with Crippen molar-refractivity contribution >= 4 is 5.57 Å². The van der Waals surface area contributed by atoms with Crippen molar-refractivity contribution < 1.29 is 0 Å². The van der Waals surface area contributed by atoms with Gasteiger partial charge in [0.05, 0.1) is 6.54 Å². The molecule has 0 atom stereocenters. The van der Waals surface area contributed by atoms with E-state index in [1.165, 1.54) is 16.7 Å². The van der Waals surface area contributed by atoms with Crippen molar-refractivity contribution in [3.8, 4) is 12.3 Å². The number of benzene rings is 2. The lowest BCUT2D eigenvalue weighted by atomic mass is 9.96. The molecule has 1 N–H and O–H groups in total. The molecule has 0 aliphatic heterocycles. The van der Waals surface area contributed by atoms with Crippen molar-refractivity contribution in [2.24, 2.45) is 0 Å². The van der Waals surface area contributed by atoms with Gasteiger partial charge in [-0.15, -0.1) is 6.42 Å². The molecule has 0 fully saturated rings. The lowest BCUT2D eigenvalue weighted by Gasteiger charge is -2.14. The molecule has 0 bridgehead atoms. The Balaban J connectivity index is 2.32. The number of hydrogen-bond acceptors (Lipinski definition) is 1. The largest absolute Gasteiger partial charge is 0.377 e. The van der Waals surface area contributed by atoms with Crippen LogP contribution in [0.1, 0.15) is 18.1 Å². The van der Waals surface area contributed by atoms with Gasteiger partial charge >= 0.3 is 0 Å². The quantitative estimate of drug-likeness (QED) is 0.805. The maximum absolute atomic E-state index is 5.33. The van der Waals surface area contributed by atoms with Gasteiger partial charge in [-0.3, -0.25) is 0 Å². The van der Waals surface area contributed by atoms with Gasteiger partial charge in [-0.25, -0.2) is 0 Å². The highest BCUT2D eigenvalue weighted by Gasteiger charge is 2.06. The molecule has 0 aliphatic rings. The van der Waals surface area contributed by atoms with Crippen LogP contribution in [0.15, 0.2) is 66.4 Å².